The highest BCUT2D eigenvalue weighted by Crippen LogP contribution is 2.26. The molecule has 2 aromatic carbocycles. The Morgan fingerprint density at radius 3 is 2.32 bits per heavy atom. The number of benzene rings is 2. The Hall–Kier alpha value is -2.78. The molecule has 9 heteroatoms. The summed E-state index contributed by atoms with van der Waals surface area (Å²) < 4.78 is 39.9. The number of aryl methyl sites for hydroxylation is 1. The number of hydrogen-bond donors (Lipinski definition) is 2. The van der Waals surface area contributed by atoms with Crippen LogP contribution in [0.25, 0.3) is 0 Å². The molecule has 0 atom stereocenters. The van der Waals surface area contributed by atoms with Gasteiger partial charge >= 0.3 is 0 Å². The fourth-order valence-electron chi connectivity index (χ4n) is 3.43. The van der Waals surface area contributed by atoms with E-state index in [2.05, 4.69) is 10.6 Å². The van der Waals surface area contributed by atoms with Crippen molar-refractivity contribution >= 4 is 33.2 Å². The maximum absolute atomic E-state index is 13.1. The van der Waals surface area contributed by atoms with E-state index in [0.717, 1.165) is 17.7 Å². The molecule has 0 aliphatic carbocycles. The van der Waals surface area contributed by atoms with E-state index < -0.39 is 15.8 Å². The Morgan fingerprint density at radius 2 is 1.71 bits per heavy atom. The highest BCUT2D eigenvalue weighted by molar-refractivity contribution is 7.89. The smallest absolute Gasteiger partial charge is 0.243 e. The van der Waals surface area contributed by atoms with Crippen LogP contribution < -0.4 is 10.6 Å². The number of rotatable bonds is 6. The third kappa shape index (κ3) is 5.48. The number of halogens is 1. The molecule has 0 radical (unpaired) electrons. The van der Waals surface area contributed by atoms with Crippen molar-refractivity contribution in [2.75, 3.05) is 23.7 Å². The van der Waals surface area contributed by atoms with Crippen molar-refractivity contribution in [3.8, 4) is 0 Å². The zero-order valence-electron chi connectivity index (χ0n) is 17.5. The quantitative estimate of drug-likeness (QED) is 0.708. The topological polar surface area (TPSA) is 95.6 Å². The van der Waals surface area contributed by atoms with Crippen LogP contribution in [0.2, 0.25) is 0 Å². The second-order valence-electron chi connectivity index (χ2n) is 7.55. The maximum Gasteiger partial charge on any atom is 0.243 e. The minimum Gasteiger partial charge on any atom is -0.326 e. The summed E-state index contributed by atoms with van der Waals surface area (Å²) in [6.07, 6.45) is 1.13. The summed E-state index contributed by atoms with van der Waals surface area (Å²) in [6, 6.07) is 10.0. The molecule has 0 spiro atoms. The summed E-state index contributed by atoms with van der Waals surface area (Å²) in [7, 11) is -3.72. The number of amides is 2. The average Bonchev–Trinajstić information content (AvgIpc) is 2.76. The molecule has 31 heavy (non-hydrogen) atoms. The van der Waals surface area contributed by atoms with Gasteiger partial charge in [0, 0.05) is 36.8 Å². The average molecular weight is 448 g/mol. The third-order valence-electron chi connectivity index (χ3n) is 5.38. The molecule has 0 saturated carbocycles. The number of sulfonamides is 1. The molecule has 1 aliphatic heterocycles. The molecule has 2 amide bonds. The molecule has 2 aromatic rings. The van der Waals surface area contributed by atoms with Gasteiger partial charge in [-0.25, -0.2) is 12.8 Å². The van der Waals surface area contributed by atoms with Gasteiger partial charge in [0.05, 0.1) is 4.90 Å². The number of carbonyl (C=O) groups excluding carboxylic acids is 2. The van der Waals surface area contributed by atoms with Crippen LogP contribution in [0.3, 0.4) is 0 Å². The molecule has 2 N–H and O–H groups in total. The van der Waals surface area contributed by atoms with E-state index in [1.54, 1.807) is 19.1 Å². The van der Waals surface area contributed by atoms with Crippen LogP contribution in [0.15, 0.2) is 47.4 Å². The second kappa shape index (κ2) is 9.57. The summed E-state index contributed by atoms with van der Waals surface area (Å²) >= 11 is 0. The van der Waals surface area contributed by atoms with Crippen molar-refractivity contribution < 1.29 is 22.4 Å². The number of anilines is 2. The molecule has 7 nitrogen and oxygen atoms in total. The molecule has 0 unspecified atom stereocenters. The maximum atomic E-state index is 13.1. The van der Waals surface area contributed by atoms with E-state index in [0.29, 0.717) is 30.6 Å². The first kappa shape index (κ1) is 22.9. The van der Waals surface area contributed by atoms with Gasteiger partial charge in [-0.1, -0.05) is 13.0 Å². The van der Waals surface area contributed by atoms with E-state index in [-0.39, 0.29) is 35.7 Å². The van der Waals surface area contributed by atoms with Crippen molar-refractivity contribution in [1.29, 1.82) is 0 Å². The highest BCUT2D eigenvalue weighted by Gasteiger charge is 2.32. The zero-order valence-corrected chi connectivity index (χ0v) is 18.3. The zero-order chi connectivity index (χ0) is 22.6. The summed E-state index contributed by atoms with van der Waals surface area (Å²) in [5.74, 6) is -1.12. The first-order valence-corrected chi connectivity index (χ1v) is 11.6. The molecule has 166 valence electrons. The van der Waals surface area contributed by atoms with Gasteiger partial charge in [-0.15, -0.1) is 0 Å². The van der Waals surface area contributed by atoms with E-state index in [1.165, 1.54) is 16.4 Å². The summed E-state index contributed by atoms with van der Waals surface area (Å²) in [6.45, 7) is 4.04. The Balaban J connectivity index is 1.62. The largest absolute Gasteiger partial charge is 0.326 e. The van der Waals surface area contributed by atoms with Crippen LogP contribution in [0.5, 0.6) is 0 Å². The first-order valence-electron chi connectivity index (χ1n) is 10.2. The van der Waals surface area contributed by atoms with Crippen LogP contribution in [0.4, 0.5) is 15.8 Å². The fraction of sp³-hybridized carbons (Fsp3) is 0.364. The Morgan fingerprint density at radius 1 is 1.06 bits per heavy atom. The van der Waals surface area contributed by atoms with Crippen molar-refractivity contribution in [2.45, 2.75) is 38.0 Å². The number of piperidine rings is 1. The summed E-state index contributed by atoms with van der Waals surface area (Å²) in [4.78, 5) is 24.4. The molecular weight excluding hydrogens is 421 g/mol. The van der Waals surface area contributed by atoms with Crippen LogP contribution in [0, 0.1) is 18.7 Å². The fourth-order valence-corrected chi connectivity index (χ4v) is 4.90. The molecule has 0 aromatic heterocycles. The summed E-state index contributed by atoms with van der Waals surface area (Å²) in [5, 5.41) is 5.67. The lowest BCUT2D eigenvalue weighted by Crippen LogP contribution is -2.41. The molecule has 1 aliphatic rings. The van der Waals surface area contributed by atoms with Crippen LogP contribution in [0.1, 0.15) is 31.7 Å². The minimum absolute atomic E-state index is 0.0402. The van der Waals surface area contributed by atoms with E-state index >= 15 is 0 Å². The van der Waals surface area contributed by atoms with Crippen molar-refractivity contribution in [1.82, 2.24) is 4.31 Å². The lowest BCUT2D eigenvalue weighted by Gasteiger charge is -2.30. The second-order valence-corrected chi connectivity index (χ2v) is 9.49. The number of carbonyl (C=O) groups is 2. The third-order valence-corrected chi connectivity index (χ3v) is 7.29. The number of nitrogens with zero attached hydrogens (tertiary/aromatic N) is 1. The molecule has 0 bridgehead atoms. The number of hydrogen-bond acceptors (Lipinski definition) is 4. The van der Waals surface area contributed by atoms with Crippen LogP contribution in [-0.2, 0) is 19.6 Å². The van der Waals surface area contributed by atoms with E-state index in [1.807, 2.05) is 13.0 Å². The van der Waals surface area contributed by atoms with Gasteiger partial charge in [0.1, 0.15) is 5.82 Å². The minimum atomic E-state index is -3.72. The van der Waals surface area contributed by atoms with Gasteiger partial charge in [0.25, 0.3) is 0 Å². The Labute approximate surface area is 181 Å². The molecule has 3 rings (SSSR count). The van der Waals surface area contributed by atoms with Crippen molar-refractivity contribution in [3.63, 3.8) is 0 Å². The predicted octanol–water partition coefficient (Wildman–Crippen LogP) is 3.52. The molecular formula is C22H26FN3O4S. The standard InChI is InChI=1S/C22H26FN3O4S/c1-3-21(27)24-18-7-4-15(2)20(14-18)25-22(28)16-10-12-26(13-11-16)31(29,30)19-8-5-17(23)6-9-19/h4-9,14,16H,3,10-13H2,1-2H3,(H,24,27)(H,25,28). The lowest BCUT2D eigenvalue weighted by atomic mass is 9.97. The van der Waals surface area contributed by atoms with E-state index in [4.69, 9.17) is 0 Å². The van der Waals surface area contributed by atoms with Crippen LogP contribution in [-0.4, -0.2) is 37.6 Å². The van der Waals surface area contributed by atoms with Crippen molar-refractivity contribution in [3.05, 3.63) is 53.8 Å². The van der Waals surface area contributed by atoms with Gasteiger partial charge < -0.3 is 10.6 Å². The van der Waals surface area contributed by atoms with Crippen LogP contribution >= 0.6 is 0 Å². The lowest BCUT2D eigenvalue weighted by molar-refractivity contribution is -0.121. The molecule has 1 fully saturated rings. The highest BCUT2D eigenvalue weighted by atomic mass is 32.2. The SMILES string of the molecule is CCC(=O)Nc1ccc(C)c(NC(=O)C2CCN(S(=O)(=O)c3ccc(F)cc3)CC2)c1. The Bertz CT molecular complexity index is 1060. The number of nitrogens with one attached hydrogen (secondary N) is 2. The van der Waals surface area contributed by atoms with Gasteiger partial charge in [-0.2, -0.15) is 4.31 Å². The van der Waals surface area contributed by atoms with Crippen molar-refractivity contribution in [2.24, 2.45) is 5.92 Å². The normalized spacial score (nSPS) is 15.5. The van der Waals surface area contributed by atoms with Gasteiger partial charge in [0.2, 0.25) is 21.8 Å². The first-order chi connectivity index (χ1) is 14.7. The Kier molecular flexibility index (Phi) is 7.07. The molecule has 1 saturated heterocycles. The van der Waals surface area contributed by atoms with Gasteiger partial charge in [-0.3, -0.25) is 9.59 Å². The summed E-state index contributed by atoms with van der Waals surface area (Å²) in [5.41, 5.74) is 2.08. The predicted molar refractivity (Wildman–Crippen MR) is 117 cm³/mol. The van der Waals surface area contributed by atoms with Gasteiger partial charge in [-0.05, 0) is 61.7 Å². The monoisotopic (exact) mass is 447 g/mol. The van der Waals surface area contributed by atoms with Gasteiger partial charge in [0.15, 0.2) is 0 Å². The van der Waals surface area contributed by atoms with E-state index in [9.17, 15) is 22.4 Å². The molecule has 1 heterocycles.